The van der Waals surface area contributed by atoms with Gasteiger partial charge in [-0.05, 0) is 23.3 Å². The van der Waals surface area contributed by atoms with E-state index in [0.717, 1.165) is 16.8 Å². The molecule has 2 aromatic carbocycles. The van der Waals surface area contributed by atoms with Gasteiger partial charge in [0.25, 0.3) is 5.69 Å². The van der Waals surface area contributed by atoms with Crippen molar-refractivity contribution in [3.05, 3.63) is 69.8 Å². The molecule has 1 heterocycles. The lowest BCUT2D eigenvalue weighted by Crippen LogP contribution is -2.34. The molecular weight excluding hydrogens is 346 g/mol. The topological polar surface area (TPSA) is 99.5 Å². The first kappa shape index (κ1) is 18.8. The highest BCUT2D eigenvalue weighted by Crippen LogP contribution is 2.26. The number of benzene rings is 2. The van der Waals surface area contributed by atoms with Crippen LogP contribution in [-0.4, -0.2) is 31.5 Å². The van der Waals surface area contributed by atoms with Crippen LogP contribution in [0, 0.1) is 16.0 Å². The van der Waals surface area contributed by atoms with Gasteiger partial charge in [0, 0.05) is 45.0 Å². The van der Waals surface area contributed by atoms with Crippen LogP contribution in [0.4, 0.5) is 11.4 Å². The highest BCUT2D eigenvalue weighted by Gasteiger charge is 2.33. The van der Waals surface area contributed by atoms with Crippen LogP contribution in [-0.2, 0) is 11.3 Å². The fraction of sp³-hybridized carbons (Fsp3) is 0.316. The summed E-state index contributed by atoms with van der Waals surface area (Å²) in [5.41, 5.74) is 9.09. The number of carbonyl (C=O) groups is 1. The Morgan fingerprint density at radius 3 is 2.44 bits per heavy atom. The molecule has 1 aliphatic rings. The average molecular weight is 369 g/mol. The number of hydrogen-bond acceptors (Lipinski definition) is 6. The molecule has 1 amide bonds. The Morgan fingerprint density at radius 2 is 1.85 bits per heavy atom. The van der Waals surface area contributed by atoms with Crippen LogP contribution in [0.15, 0.2) is 48.5 Å². The number of hydrazine groups is 1. The van der Waals surface area contributed by atoms with E-state index in [0.29, 0.717) is 13.1 Å². The molecule has 1 saturated heterocycles. The number of nitro benzene ring substituents is 1. The molecule has 8 heteroatoms. The van der Waals surface area contributed by atoms with E-state index in [-0.39, 0.29) is 23.6 Å². The number of amides is 1. The van der Waals surface area contributed by atoms with Crippen molar-refractivity contribution in [1.29, 1.82) is 0 Å². The highest BCUT2D eigenvalue weighted by molar-refractivity contribution is 5.80. The van der Waals surface area contributed by atoms with Gasteiger partial charge in [-0.2, -0.15) is 0 Å². The molecule has 1 aliphatic heterocycles. The summed E-state index contributed by atoms with van der Waals surface area (Å²) in [7, 11) is 3.96. The van der Waals surface area contributed by atoms with Crippen molar-refractivity contribution in [2.75, 3.05) is 25.5 Å². The quantitative estimate of drug-likeness (QED) is 0.530. The summed E-state index contributed by atoms with van der Waals surface area (Å²) in [5, 5.41) is 13.8. The first-order chi connectivity index (χ1) is 13.0. The third-order valence-corrected chi connectivity index (χ3v) is 4.70. The molecule has 3 N–H and O–H groups in total. The van der Waals surface area contributed by atoms with Crippen LogP contribution in [0.1, 0.15) is 17.2 Å². The smallest absolute Gasteiger partial charge is 0.269 e. The molecule has 0 saturated carbocycles. The summed E-state index contributed by atoms with van der Waals surface area (Å²) < 4.78 is 0. The normalized spacial score (nSPS) is 18.9. The number of rotatable bonds is 6. The molecule has 0 radical (unpaired) electrons. The molecule has 2 atom stereocenters. The van der Waals surface area contributed by atoms with Gasteiger partial charge in [0.1, 0.15) is 0 Å². The van der Waals surface area contributed by atoms with Crippen molar-refractivity contribution in [2.24, 2.45) is 5.92 Å². The Morgan fingerprint density at radius 1 is 1.19 bits per heavy atom. The first-order valence-corrected chi connectivity index (χ1v) is 8.72. The molecule has 1 fully saturated rings. The van der Waals surface area contributed by atoms with E-state index in [1.54, 1.807) is 12.1 Å². The van der Waals surface area contributed by atoms with E-state index in [9.17, 15) is 14.9 Å². The number of hydrogen-bond donors (Lipinski definition) is 3. The monoisotopic (exact) mass is 369 g/mol. The predicted molar refractivity (Wildman–Crippen MR) is 103 cm³/mol. The third-order valence-electron chi connectivity index (χ3n) is 4.70. The van der Waals surface area contributed by atoms with Crippen molar-refractivity contribution in [1.82, 2.24) is 16.2 Å². The Labute approximate surface area is 157 Å². The van der Waals surface area contributed by atoms with Crippen LogP contribution < -0.4 is 21.1 Å². The minimum atomic E-state index is -0.435. The highest BCUT2D eigenvalue weighted by atomic mass is 16.6. The van der Waals surface area contributed by atoms with E-state index in [4.69, 9.17) is 0 Å². The first-order valence-electron chi connectivity index (χ1n) is 8.72. The van der Waals surface area contributed by atoms with Gasteiger partial charge in [-0.3, -0.25) is 20.3 Å². The molecular formula is C19H23N5O3. The number of anilines is 1. The van der Waals surface area contributed by atoms with Gasteiger partial charge in [0.05, 0.1) is 16.9 Å². The van der Waals surface area contributed by atoms with Crippen LogP contribution in [0.3, 0.4) is 0 Å². The minimum absolute atomic E-state index is 0.0341. The number of non-ortho nitro benzene ring substituents is 1. The summed E-state index contributed by atoms with van der Waals surface area (Å²) in [6.07, 6.45) is 0. The van der Waals surface area contributed by atoms with Gasteiger partial charge >= 0.3 is 0 Å². The van der Waals surface area contributed by atoms with Crippen molar-refractivity contribution < 1.29 is 9.72 Å². The summed E-state index contributed by atoms with van der Waals surface area (Å²) in [6, 6.07) is 14.1. The van der Waals surface area contributed by atoms with Gasteiger partial charge in [-0.15, -0.1) is 0 Å². The molecule has 2 aromatic rings. The number of nitrogens with one attached hydrogen (secondary N) is 3. The van der Waals surface area contributed by atoms with Crippen LogP contribution in [0.2, 0.25) is 0 Å². The summed E-state index contributed by atoms with van der Waals surface area (Å²) in [4.78, 5) is 25.0. The zero-order valence-corrected chi connectivity index (χ0v) is 15.3. The van der Waals surface area contributed by atoms with E-state index in [1.807, 2.05) is 43.3 Å². The van der Waals surface area contributed by atoms with Crippen molar-refractivity contribution in [3.8, 4) is 0 Å². The second-order valence-corrected chi connectivity index (χ2v) is 6.74. The maximum Gasteiger partial charge on any atom is 0.269 e. The van der Waals surface area contributed by atoms with E-state index in [1.165, 1.54) is 12.1 Å². The SMILES string of the molecule is CN(C)c1ccc(CNC(=O)C2CNNC2c2ccc([N+](=O)[O-])cc2)cc1. The van der Waals surface area contributed by atoms with E-state index in [2.05, 4.69) is 16.2 Å². The zero-order valence-electron chi connectivity index (χ0n) is 15.3. The Bertz CT molecular complexity index is 805. The molecule has 142 valence electrons. The molecule has 0 bridgehead atoms. The number of nitrogens with zero attached hydrogens (tertiary/aromatic N) is 2. The Balaban J connectivity index is 1.62. The van der Waals surface area contributed by atoms with Gasteiger partial charge in [-0.25, -0.2) is 5.43 Å². The largest absolute Gasteiger partial charge is 0.378 e. The molecule has 3 rings (SSSR count). The Hall–Kier alpha value is -2.97. The van der Waals surface area contributed by atoms with Gasteiger partial charge in [0.15, 0.2) is 0 Å². The van der Waals surface area contributed by atoms with Crippen molar-refractivity contribution in [3.63, 3.8) is 0 Å². The Kier molecular flexibility index (Phi) is 5.68. The lowest BCUT2D eigenvalue weighted by Gasteiger charge is -2.18. The number of nitro groups is 1. The summed E-state index contributed by atoms with van der Waals surface area (Å²) in [5.74, 6) is -0.361. The van der Waals surface area contributed by atoms with Crippen molar-refractivity contribution >= 4 is 17.3 Å². The molecule has 0 spiro atoms. The molecule has 27 heavy (non-hydrogen) atoms. The zero-order chi connectivity index (χ0) is 19.4. The fourth-order valence-corrected chi connectivity index (χ4v) is 3.09. The van der Waals surface area contributed by atoms with Crippen molar-refractivity contribution in [2.45, 2.75) is 12.6 Å². The average Bonchev–Trinajstić information content (AvgIpc) is 3.16. The standard InChI is InChI=1S/C19H23N5O3/c1-23(2)15-7-3-13(4-8-15)11-20-19(25)17-12-21-22-18(17)14-5-9-16(10-6-14)24(26)27/h3-10,17-18,21-22H,11-12H2,1-2H3,(H,20,25). The molecule has 2 unspecified atom stereocenters. The third kappa shape index (κ3) is 4.42. The molecule has 0 aromatic heterocycles. The maximum absolute atomic E-state index is 12.6. The summed E-state index contributed by atoms with van der Waals surface area (Å²) >= 11 is 0. The van der Waals surface area contributed by atoms with Gasteiger partial charge in [-0.1, -0.05) is 24.3 Å². The molecule has 0 aliphatic carbocycles. The lowest BCUT2D eigenvalue weighted by molar-refractivity contribution is -0.384. The second-order valence-electron chi connectivity index (χ2n) is 6.74. The number of carbonyl (C=O) groups excluding carboxylic acids is 1. The minimum Gasteiger partial charge on any atom is -0.378 e. The van der Waals surface area contributed by atoms with E-state index >= 15 is 0 Å². The summed E-state index contributed by atoms with van der Waals surface area (Å²) in [6.45, 7) is 0.947. The molecule has 8 nitrogen and oxygen atoms in total. The van der Waals surface area contributed by atoms with Crippen LogP contribution in [0.25, 0.3) is 0 Å². The van der Waals surface area contributed by atoms with Crippen LogP contribution in [0.5, 0.6) is 0 Å². The predicted octanol–water partition coefficient (Wildman–Crippen LogP) is 1.74. The lowest BCUT2D eigenvalue weighted by atomic mass is 9.94. The maximum atomic E-state index is 12.6. The second kappa shape index (κ2) is 8.15. The van der Waals surface area contributed by atoms with Crippen LogP contribution >= 0.6 is 0 Å². The van der Waals surface area contributed by atoms with Gasteiger partial charge in [0.2, 0.25) is 5.91 Å². The van der Waals surface area contributed by atoms with E-state index < -0.39 is 4.92 Å². The van der Waals surface area contributed by atoms with Gasteiger partial charge < -0.3 is 10.2 Å². The fourth-order valence-electron chi connectivity index (χ4n) is 3.09.